The maximum atomic E-state index is 12.6. The van der Waals surface area contributed by atoms with Gasteiger partial charge in [0.1, 0.15) is 0 Å². The van der Waals surface area contributed by atoms with Gasteiger partial charge in [0.25, 0.3) is 0 Å². The molecule has 4 rings (SSSR count). The highest BCUT2D eigenvalue weighted by molar-refractivity contribution is 5.78. The molecule has 1 amide bonds. The number of rotatable bonds is 5. The largest absolute Gasteiger partial charge is 0.360 e. The van der Waals surface area contributed by atoms with Crippen molar-refractivity contribution in [2.45, 2.75) is 19.9 Å². The van der Waals surface area contributed by atoms with Gasteiger partial charge in [-0.15, -0.1) is 0 Å². The van der Waals surface area contributed by atoms with Crippen molar-refractivity contribution in [3.05, 3.63) is 65.8 Å². The normalized spacial score (nSPS) is 15.2. The highest BCUT2D eigenvalue weighted by atomic mass is 16.5. The third kappa shape index (κ3) is 4.25. The van der Waals surface area contributed by atoms with E-state index in [4.69, 9.17) is 4.52 Å². The molecule has 0 bridgehead atoms. The van der Waals surface area contributed by atoms with E-state index in [-0.39, 0.29) is 5.91 Å². The lowest BCUT2D eigenvalue weighted by atomic mass is 10.2. The predicted octanol–water partition coefficient (Wildman–Crippen LogP) is 2.06. The molecule has 3 heterocycles. The van der Waals surface area contributed by atoms with E-state index in [0.717, 1.165) is 55.4 Å². The summed E-state index contributed by atoms with van der Waals surface area (Å²) in [5, 5.41) is 8.29. The van der Waals surface area contributed by atoms with Crippen LogP contribution in [0.25, 0.3) is 5.69 Å². The molecule has 1 saturated heterocycles. The van der Waals surface area contributed by atoms with Crippen molar-refractivity contribution < 1.29 is 9.32 Å². The number of amides is 1. The molecule has 3 aromatic rings. The van der Waals surface area contributed by atoms with Gasteiger partial charge in [-0.3, -0.25) is 9.69 Å². The Kier molecular flexibility index (Phi) is 5.02. The minimum absolute atomic E-state index is 0.151. The molecule has 27 heavy (non-hydrogen) atoms. The molecule has 140 valence electrons. The van der Waals surface area contributed by atoms with Crippen LogP contribution < -0.4 is 0 Å². The Morgan fingerprint density at radius 2 is 1.93 bits per heavy atom. The van der Waals surface area contributed by atoms with Crippen molar-refractivity contribution >= 4 is 5.91 Å². The summed E-state index contributed by atoms with van der Waals surface area (Å²) in [6, 6.07) is 11.9. The zero-order chi connectivity index (χ0) is 18.6. The summed E-state index contributed by atoms with van der Waals surface area (Å²) < 4.78 is 7.08. The molecule has 1 aliphatic heterocycles. The lowest BCUT2D eigenvalue weighted by Gasteiger charge is -2.34. The molecule has 7 nitrogen and oxygen atoms in total. The molecule has 1 aliphatic rings. The maximum absolute atomic E-state index is 12.6. The summed E-state index contributed by atoms with van der Waals surface area (Å²) >= 11 is 0. The van der Waals surface area contributed by atoms with Crippen molar-refractivity contribution in [3.63, 3.8) is 0 Å². The minimum Gasteiger partial charge on any atom is -0.360 e. The average Bonchev–Trinajstić information content (AvgIpc) is 3.32. The number of benzene rings is 1. The van der Waals surface area contributed by atoms with Gasteiger partial charge in [0.15, 0.2) is 5.76 Å². The highest BCUT2D eigenvalue weighted by Gasteiger charge is 2.22. The van der Waals surface area contributed by atoms with Gasteiger partial charge in [0, 0.05) is 38.4 Å². The summed E-state index contributed by atoms with van der Waals surface area (Å²) in [4.78, 5) is 16.8. The Morgan fingerprint density at radius 3 is 2.63 bits per heavy atom. The molecule has 1 fully saturated rings. The fraction of sp³-hybridized carbons (Fsp3) is 0.350. The quantitative estimate of drug-likeness (QED) is 0.692. The van der Waals surface area contributed by atoms with Gasteiger partial charge in [-0.2, -0.15) is 5.10 Å². The summed E-state index contributed by atoms with van der Waals surface area (Å²) in [7, 11) is 0. The first-order chi connectivity index (χ1) is 13.2. The summed E-state index contributed by atoms with van der Waals surface area (Å²) in [6.07, 6.45) is 4.08. The third-order valence-corrected chi connectivity index (χ3v) is 4.79. The molecule has 2 aromatic heterocycles. The molecular formula is C20H23N5O2. The van der Waals surface area contributed by atoms with Crippen LogP contribution in [-0.2, 0) is 17.8 Å². The molecule has 0 radical (unpaired) electrons. The minimum atomic E-state index is 0.151. The van der Waals surface area contributed by atoms with E-state index in [1.54, 1.807) is 10.9 Å². The molecule has 0 aliphatic carbocycles. The van der Waals surface area contributed by atoms with Crippen LogP contribution in [0, 0.1) is 6.92 Å². The van der Waals surface area contributed by atoms with E-state index in [1.165, 1.54) is 0 Å². The second kappa shape index (κ2) is 7.75. The molecular weight excluding hydrogens is 342 g/mol. The summed E-state index contributed by atoms with van der Waals surface area (Å²) in [5.41, 5.74) is 2.82. The molecule has 0 N–H and O–H groups in total. The Balaban J connectivity index is 1.29. The monoisotopic (exact) mass is 365 g/mol. The topological polar surface area (TPSA) is 67.4 Å². The number of aryl methyl sites for hydroxylation is 1. The Labute approximate surface area is 158 Å². The Morgan fingerprint density at radius 1 is 1.15 bits per heavy atom. The van der Waals surface area contributed by atoms with E-state index in [9.17, 15) is 4.79 Å². The molecule has 0 unspecified atom stereocenters. The van der Waals surface area contributed by atoms with E-state index >= 15 is 0 Å². The van der Waals surface area contributed by atoms with Crippen LogP contribution >= 0.6 is 0 Å². The van der Waals surface area contributed by atoms with E-state index < -0.39 is 0 Å². The van der Waals surface area contributed by atoms with Crippen LogP contribution in [0.4, 0.5) is 0 Å². The number of carbonyl (C=O) groups excluding carboxylic acids is 1. The lowest BCUT2D eigenvalue weighted by molar-refractivity contribution is -0.132. The molecule has 7 heteroatoms. The predicted molar refractivity (Wildman–Crippen MR) is 100 cm³/mol. The fourth-order valence-corrected chi connectivity index (χ4v) is 3.33. The summed E-state index contributed by atoms with van der Waals surface area (Å²) in [5.74, 6) is 1.03. The van der Waals surface area contributed by atoms with Crippen molar-refractivity contribution in [3.8, 4) is 5.69 Å². The number of para-hydroxylation sites is 1. The number of nitrogens with zero attached hydrogens (tertiary/aromatic N) is 5. The van der Waals surface area contributed by atoms with Crippen molar-refractivity contribution in [1.29, 1.82) is 0 Å². The standard InChI is InChI=1S/C20H23N5O2/c1-16-11-19(27-22-16)15-23-7-9-24(10-8-23)20(26)12-17-13-21-25(14-17)18-5-3-2-4-6-18/h2-6,11,13-14H,7-10,12,15H2,1H3. The number of aromatic nitrogens is 3. The first-order valence-corrected chi connectivity index (χ1v) is 9.19. The van der Waals surface area contributed by atoms with E-state index in [2.05, 4.69) is 15.2 Å². The molecule has 1 aromatic carbocycles. The van der Waals surface area contributed by atoms with E-state index in [0.29, 0.717) is 6.42 Å². The molecule has 0 atom stereocenters. The second-order valence-electron chi connectivity index (χ2n) is 6.90. The van der Waals surface area contributed by atoms with Crippen LogP contribution in [0.5, 0.6) is 0 Å². The van der Waals surface area contributed by atoms with Gasteiger partial charge in [0.05, 0.1) is 30.5 Å². The lowest BCUT2D eigenvalue weighted by Crippen LogP contribution is -2.48. The molecule has 0 saturated carbocycles. The van der Waals surface area contributed by atoms with Crippen LogP contribution in [-0.4, -0.2) is 56.8 Å². The SMILES string of the molecule is Cc1cc(CN2CCN(C(=O)Cc3cnn(-c4ccccc4)c3)CC2)on1. The fourth-order valence-electron chi connectivity index (χ4n) is 3.33. The zero-order valence-corrected chi connectivity index (χ0v) is 15.4. The second-order valence-corrected chi connectivity index (χ2v) is 6.90. The van der Waals surface area contributed by atoms with Crippen LogP contribution in [0.2, 0.25) is 0 Å². The van der Waals surface area contributed by atoms with Crippen LogP contribution in [0.15, 0.2) is 53.3 Å². The third-order valence-electron chi connectivity index (χ3n) is 4.79. The first kappa shape index (κ1) is 17.5. The smallest absolute Gasteiger partial charge is 0.227 e. The van der Waals surface area contributed by atoms with Gasteiger partial charge in [-0.05, 0) is 24.6 Å². The highest BCUT2D eigenvalue weighted by Crippen LogP contribution is 2.12. The van der Waals surface area contributed by atoms with Gasteiger partial charge >= 0.3 is 0 Å². The van der Waals surface area contributed by atoms with Gasteiger partial charge < -0.3 is 9.42 Å². The van der Waals surface area contributed by atoms with Crippen molar-refractivity contribution in [1.82, 2.24) is 24.7 Å². The van der Waals surface area contributed by atoms with Crippen molar-refractivity contribution in [2.75, 3.05) is 26.2 Å². The number of hydrogen-bond acceptors (Lipinski definition) is 5. The zero-order valence-electron chi connectivity index (χ0n) is 15.4. The van der Waals surface area contributed by atoms with Crippen LogP contribution in [0.1, 0.15) is 17.0 Å². The average molecular weight is 365 g/mol. The maximum Gasteiger partial charge on any atom is 0.227 e. The van der Waals surface area contributed by atoms with Gasteiger partial charge in [0.2, 0.25) is 5.91 Å². The first-order valence-electron chi connectivity index (χ1n) is 9.19. The Bertz CT molecular complexity index is 894. The molecule has 0 spiro atoms. The number of piperazine rings is 1. The summed E-state index contributed by atoms with van der Waals surface area (Å²) in [6.45, 7) is 5.82. The van der Waals surface area contributed by atoms with E-state index in [1.807, 2.05) is 54.4 Å². The van der Waals surface area contributed by atoms with Gasteiger partial charge in [-0.1, -0.05) is 23.4 Å². The Hall–Kier alpha value is -2.93. The number of hydrogen-bond donors (Lipinski definition) is 0. The van der Waals surface area contributed by atoms with Crippen LogP contribution in [0.3, 0.4) is 0 Å². The number of carbonyl (C=O) groups is 1. The van der Waals surface area contributed by atoms with Crippen molar-refractivity contribution in [2.24, 2.45) is 0 Å². The van der Waals surface area contributed by atoms with Gasteiger partial charge in [-0.25, -0.2) is 4.68 Å².